The van der Waals surface area contributed by atoms with E-state index in [9.17, 15) is 22.7 Å². The predicted octanol–water partition coefficient (Wildman–Crippen LogP) is 4.82. The summed E-state index contributed by atoms with van der Waals surface area (Å²) < 4.78 is 82.3. The van der Waals surface area contributed by atoms with Crippen LogP contribution in [-0.2, 0) is 15.7 Å². The normalized spacial score (nSPS) is 21.9. The second-order valence-corrected chi connectivity index (χ2v) is 9.58. The van der Waals surface area contributed by atoms with Crippen molar-refractivity contribution in [2.75, 3.05) is 37.9 Å². The van der Waals surface area contributed by atoms with E-state index in [0.29, 0.717) is 62.3 Å². The maximum atomic E-state index is 15.0. The number of ether oxygens (including phenoxy) is 2. The number of phenolic OH excluding ortho intramolecular Hbond substituents is 1. The highest BCUT2D eigenvalue weighted by atomic mass is 19.4. The smallest absolute Gasteiger partial charge is 0.419 e. The minimum atomic E-state index is -5.14. The maximum Gasteiger partial charge on any atom is 0.419 e. The molecule has 3 aliphatic rings. The highest BCUT2D eigenvalue weighted by Crippen LogP contribution is 2.46. The average molecular weight is 510 g/mol. The topological polar surface area (TPSA) is 72.6 Å². The summed E-state index contributed by atoms with van der Waals surface area (Å²) in [6.45, 7) is 2.67. The van der Waals surface area contributed by atoms with Gasteiger partial charge in [0.2, 0.25) is 0 Å². The zero-order valence-corrected chi connectivity index (χ0v) is 19.1. The lowest BCUT2D eigenvalue weighted by Crippen LogP contribution is -2.48. The van der Waals surface area contributed by atoms with Gasteiger partial charge in [0.05, 0.1) is 37.0 Å². The van der Waals surface area contributed by atoms with E-state index >= 15 is 4.39 Å². The van der Waals surface area contributed by atoms with Gasteiger partial charge in [-0.3, -0.25) is 0 Å². The van der Waals surface area contributed by atoms with Crippen LogP contribution in [-0.4, -0.2) is 58.4 Å². The predicted molar refractivity (Wildman–Crippen MR) is 119 cm³/mol. The van der Waals surface area contributed by atoms with Crippen molar-refractivity contribution in [2.24, 2.45) is 0 Å². The molecule has 3 fully saturated rings. The van der Waals surface area contributed by atoms with Crippen LogP contribution in [0.2, 0.25) is 0 Å². The van der Waals surface area contributed by atoms with Crippen molar-refractivity contribution in [2.45, 2.75) is 43.4 Å². The Kier molecular flexibility index (Phi) is 5.38. The van der Waals surface area contributed by atoms with Gasteiger partial charge in [0.25, 0.3) is 0 Å². The number of alkyl halides is 3. The number of halogens is 5. The van der Waals surface area contributed by atoms with Crippen LogP contribution in [0.3, 0.4) is 0 Å². The monoisotopic (exact) mass is 510 g/mol. The van der Waals surface area contributed by atoms with Gasteiger partial charge in [-0.1, -0.05) is 0 Å². The van der Waals surface area contributed by atoms with E-state index in [0.717, 1.165) is 19.3 Å². The third-order valence-corrected chi connectivity index (χ3v) is 7.27. The van der Waals surface area contributed by atoms with Gasteiger partial charge in [0.15, 0.2) is 23.0 Å². The molecule has 0 bridgehead atoms. The Bertz CT molecular complexity index is 1330. The molecule has 4 heterocycles. The number of benzene rings is 1. The summed E-state index contributed by atoms with van der Waals surface area (Å²) in [7, 11) is 0. The van der Waals surface area contributed by atoms with Crippen LogP contribution in [0.4, 0.5) is 27.8 Å². The first kappa shape index (κ1) is 23.4. The van der Waals surface area contributed by atoms with E-state index in [1.165, 1.54) is 0 Å². The molecule has 1 aliphatic carbocycles. The molecule has 12 heteroatoms. The van der Waals surface area contributed by atoms with Crippen molar-refractivity contribution in [3.05, 3.63) is 35.4 Å². The van der Waals surface area contributed by atoms with Crippen LogP contribution in [0.1, 0.15) is 37.3 Å². The SMILES string of the molecule is Oc1c(F)c(-c2nn(C3CCCOC3)c3nc(N4CCOCC45CC5)ccc23)cc(C(F)(F)F)c1F. The molecular formula is C24H23F5N4O3. The molecule has 3 aromatic rings. The van der Waals surface area contributed by atoms with Crippen LogP contribution < -0.4 is 4.90 Å². The number of hydrogen-bond donors (Lipinski definition) is 1. The quantitative estimate of drug-likeness (QED) is 0.510. The van der Waals surface area contributed by atoms with Crippen molar-refractivity contribution in [1.29, 1.82) is 0 Å². The number of phenols is 1. The second-order valence-electron chi connectivity index (χ2n) is 9.58. The summed E-state index contributed by atoms with van der Waals surface area (Å²) in [6, 6.07) is 3.45. The molecular weight excluding hydrogens is 487 g/mol. The fraction of sp³-hybridized carbons (Fsp3) is 0.500. The Hall–Kier alpha value is -2.99. The molecule has 0 amide bonds. The summed E-state index contributed by atoms with van der Waals surface area (Å²) >= 11 is 0. The summed E-state index contributed by atoms with van der Waals surface area (Å²) in [6.07, 6.45) is -1.77. The van der Waals surface area contributed by atoms with Gasteiger partial charge >= 0.3 is 6.18 Å². The fourth-order valence-electron chi connectivity index (χ4n) is 5.18. The van der Waals surface area contributed by atoms with Crippen LogP contribution in [0.15, 0.2) is 18.2 Å². The van der Waals surface area contributed by atoms with Gasteiger partial charge in [-0.05, 0) is 43.9 Å². The molecule has 6 rings (SSSR count). The lowest BCUT2D eigenvalue weighted by atomic mass is 10.0. The summed E-state index contributed by atoms with van der Waals surface area (Å²) in [4.78, 5) is 7.01. The largest absolute Gasteiger partial charge is 0.503 e. The van der Waals surface area contributed by atoms with Crippen LogP contribution in [0, 0.1) is 11.6 Å². The van der Waals surface area contributed by atoms with Gasteiger partial charge in [0.1, 0.15) is 11.5 Å². The Morgan fingerprint density at radius 1 is 1.08 bits per heavy atom. The number of aromatic nitrogens is 3. The summed E-state index contributed by atoms with van der Waals surface area (Å²) in [5.74, 6) is -4.60. The van der Waals surface area contributed by atoms with Gasteiger partial charge < -0.3 is 19.5 Å². The Morgan fingerprint density at radius 3 is 2.58 bits per heavy atom. The van der Waals surface area contributed by atoms with Gasteiger partial charge in [-0.15, -0.1) is 0 Å². The van der Waals surface area contributed by atoms with E-state index in [4.69, 9.17) is 14.5 Å². The Balaban J connectivity index is 1.54. The van der Waals surface area contributed by atoms with Crippen molar-refractivity contribution in [1.82, 2.24) is 14.8 Å². The van der Waals surface area contributed by atoms with Crippen molar-refractivity contribution < 1.29 is 36.5 Å². The molecule has 1 atom stereocenters. The first-order chi connectivity index (χ1) is 17.2. The fourth-order valence-corrected chi connectivity index (χ4v) is 5.18. The van der Waals surface area contributed by atoms with Crippen molar-refractivity contribution in [3.8, 4) is 17.0 Å². The Morgan fingerprint density at radius 2 is 1.89 bits per heavy atom. The number of pyridine rings is 1. The van der Waals surface area contributed by atoms with Gasteiger partial charge in [-0.2, -0.15) is 18.3 Å². The zero-order valence-electron chi connectivity index (χ0n) is 19.1. The average Bonchev–Trinajstić information content (AvgIpc) is 3.52. The number of fused-ring (bicyclic) bond motifs is 1. The number of nitrogens with zero attached hydrogens (tertiary/aromatic N) is 4. The number of aromatic hydroxyl groups is 1. The van der Waals surface area contributed by atoms with E-state index in [-0.39, 0.29) is 17.3 Å². The standard InChI is InChI=1S/C24H23F5N4O3/c25-18-15(10-16(24(27,28)29)19(26)21(18)34)20-14-3-4-17(32-7-9-36-12-23(32)5-6-23)30-22(14)33(31-20)13-2-1-8-35-11-13/h3-4,10,13,34H,1-2,5-9,11-12H2. The minimum absolute atomic E-state index is 0.114. The lowest BCUT2D eigenvalue weighted by Gasteiger charge is -2.37. The molecule has 1 N–H and O–H groups in total. The second kappa shape index (κ2) is 8.27. The number of morpholine rings is 1. The number of rotatable bonds is 3. The first-order valence-corrected chi connectivity index (χ1v) is 11.8. The van der Waals surface area contributed by atoms with Gasteiger partial charge in [-0.25, -0.2) is 18.4 Å². The molecule has 0 radical (unpaired) electrons. The van der Waals surface area contributed by atoms with Crippen LogP contribution >= 0.6 is 0 Å². The maximum absolute atomic E-state index is 15.0. The number of anilines is 1. The number of hydrogen-bond acceptors (Lipinski definition) is 6. The van der Waals surface area contributed by atoms with Crippen LogP contribution in [0.5, 0.6) is 5.75 Å². The third-order valence-electron chi connectivity index (χ3n) is 7.27. The molecule has 36 heavy (non-hydrogen) atoms. The summed E-state index contributed by atoms with van der Waals surface area (Å²) in [5, 5.41) is 14.6. The summed E-state index contributed by atoms with van der Waals surface area (Å²) in [5.41, 5.74) is -2.33. The highest BCUT2D eigenvalue weighted by molar-refractivity contribution is 5.93. The molecule has 2 saturated heterocycles. The highest BCUT2D eigenvalue weighted by Gasteiger charge is 2.50. The van der Waals surface area contributed by atoms with E-state index in [2.05, 4.69) is 10.00 Å². The Labute approximate surface area is 202 Å². The first-order valence-electron chi connectivity index (χ1n) is 11.8. The molecule has 1 saturated carbocycles. The molecule has 1 spiro atoms. The van der Waals surface area contributed by atoms with Crippen molar-refractivity contribution in [3.63, 3.8) is 0 Å². The van der Waals surface area contributed by atoms with Crippen molar-refractivity contribution >= 4 is 16.9 Å². The van der Waals surface area contributed by atoms with Gasteiger partial charge in [0, 0.05) is 24.1 Å². The molecule has 192 valence electrons. The van der Waals surface area contributed by atoms with E-state index in [1.54, 1.807) is 16.8 Å². The third kappa shape index (κ3) is 3.69. The molecule has 2 aliphatic heterocycles. The zero-order chi connectivity index (χ0) is 25.2. The molecule has 1 unspecified atom stereocenters. The van der Waals surface area contributed by atoms with E-state index in [1.807, 2.05) is 0 Å². The van der Waals surface area contributed by atoms with Crippen LogP contribution in [0.25, 0.3) is 22.3 Å². The minimum Gasteiger partial charge on any atom is -0.503 e. The lowest BCUT2D eigenvalue weighted by molar-refractivity contribution is -0.140. The molecule has 1 aromatic carbocycles. The molecule has 2 aromatic heterocycles. The molecule has 7 nitrogen and oxygen atoms in total. The van der Waals surface area contributed by atoms with E-state index < -0.39 is 34.7 Å².